The lowest BCUT2D eigenvalue weighted by molar-refractivity contribution is 0.267. The topological polar surface area (TPSA) is 21.3 Å². The van der Waals surface area contributed by atoms with Crippen LogP contribution in [-0.4, -0.2) is 13.2 Å². The number of hydrogen-bond acceptors (Lipinski definition) is 2. The number of rotatable bonds is 6. The Bertz CT molecular complexity index is 575. The van der Waals surface area contributed by atoms with Gasteiger partial charge in [-0.25, -0.2) is 0 Å². The minimum Gasteiger partial charge on any atom is -0.492 e. The van der Waals surface area contributed by atoms with Crippen LogP contribution in [0.25, 0.3) is 0 Å². The molecule has 1 unspecified atom stereocenters. The first-order valence-corrected chi connectivity index (χ1v) is 7.60. The van der Waals surface area contributed by atoms with Gasteiger partial charge in [-0.05, 0) is 50.6 Å². The third-order valence-electron chi connectivity index (χ3n) is 3.70. The van der Waals surface area contributed by atoms with Gasteiger partial charge in [0.2, 0.25) is 0 Å². The number of hydrogen-bond donors (Lipinski definition) is 1. The number of benzene rings is 2. The lowest BCUT2D eigenvalue weighted by atomic mass is 9.99. The van der Waals surface area contributed by atoms with E-state index in [1.54, 1.807) is 0 Å². The van der Waals surface area contributed by atoms with Crippen molar-refractivity contribution in [2.24, 2.45) is 0 Å². The average Bonchev–Trinajstić information content (AvgIpc) is 2.48. The molecule has 21 heavy (non-hydrogen) atoms. The smallest absolute Gasteiger partial charge is 0.119 e. The summed E-state index contributed by atoms with van der Waals surface area (Å²) in [6.45, 7) is 10.1. The van der Waals surface area contributed by atoms with Gasteiger partial charge >= 0.3 is 0 Å². The van der Waals surface area contributed by atoms with Gasteiger partial charge in [-0.3, -0.25) is 0 Å². The lowest BCUT2D eigenvalue weighted by Crippen LogP contribution is -2.27. The maximum atomic E-state index is 5.96. The summed E-state index contributed by atoms with van der Waals surface area (Å²) in [6, 6.07) is 15.0. The van der Waals surface area contributed by atoms with E-state index in [1.807, 2.05) is 12.1 Å². The van der Waals surface area contributed by atoms with E-state index in [0.29, 0.717) is 6.61 Å². The van der Waals surface area contributed by atoms with Crippen LogP contribution in [0.2, 0.25) is 0 Å². The predicted molar refractivity (Wildman–Crippen MR) is 89.0 cm³/mol. The largest absolute Gasteiger partial charge is 0.492 e. The molecule has 2 rings (SSSR count). The van der Waals surface area contributed by atoms with Gasteiger partial charge in [-0.15, -0.1) is 0 Å². The summed E-state index contributed by atoms with van der Waals surface area (Å²) >= 11 is 0. The Morgan fingerprint density at radius 1 is 0.952 bits per heavy atom. The molecular formula is C19H25NO. The fourth-order valence-electron chi connectivity index (χ4n) is 2.45. The second kappa shape index (κ2) is 7.28. The SMILES string of the molecule is CCNC(COc1ccc(C)cc1)c1cc(C)ccc1C. The van der Waals surface area contributed by atoms with Crippen LogP contribution in [0.4, 0.5) is 0 Å². The second-order valence-electron chi connectivity index (χ2n) is 5.59. The minimum atomic E-state index is 0.219. The third-order valence-corrected chi connectivity index (χ3v) is 3.70. The molecule has 0 saturated carbocycles. The van der Waals surface area contributed by atoms with E-state index >= 15 is 0 Å². The lowest BCUT2D eigenvalue weighted by Gasteiger charge is -2.21. The quantitative estimate of drug-likeness (QED) is 0.851. The van der Waals surface area contributed by atoms with Crippen LogP contribution < -0.4 is 10.1 Å². The van der Waals surface area contributed by atoms with Crippen LogP contribution in [-0.2, 0) is 0 Å². The number of ether oxygens (including phenoxy) is 1. The highest BCUT2D eigenvalue weighted by Crippen LogP contribution is 2.21. The van der Waals surface area contributed by atoms with Crippen molar-refractivity contribution in [3.63, 3.8) is 0 Å². The van der Waals surface area contributed by atoms with Crippen molar-refractivity contribution in [3.8, 4) is 5.75 Å². The van der Waals surface area contributed by atoms with E-state index in [0.717, 1.165) is 12.3 Å². The van der Waals surface area contributed by atoms with Crippen LogP contribution in [0.3, 0.4) is 0 Å². The molecule has 112 valence electrons. The van der Waals surface area contributed by atoms with Crippen molar-refractivity contribution in [1.29, 1.82) is 0 Å². The summed E-state index contributed by atoms with van der Waals surface area (Å²) in [5.41, 5.74) is 5.16. The second-order valence-corrected chi connectivity index (χ2v) is 5.59. The average molecular weight is 283 g/mol. The highest BCUT2D eigenvalue weighted by atomic mass is 16.5. The Hall–Kier alpha value is -1.80. The maximum Gasteiger partial charge on any atom is 0.119 e. The van der Waals surface area contributed by atoms with Gasteiger partial charge < -0.3 is 10.1 Å². The zero-order chi connectivity index (χ0) is 15.2. The molecule has 0 fully saturated rings. The molecule has 0 spiro atoms. The molecule has 0 saturated heterocycles. The standard InChI is InChI=1S/C19H25NO/c1-5-20-19(18-12-15(3)6-9-16(18)4)13-21-17-10-7-14(2)8-11-17/h6-12,19-20H,5,13H2,1-4H3. The Morgan fingerprint density at radius 2 is 1.62 bits per heavy atom. The van der Waals surface area contributed by atoms with E-state index in [2.05, 4.69) is 63.3 Å². The first-order chi connectivity index (χ1) is 10.1. The van der Waals surface area contributed by atoms with E-state index in [-0.39, 0.29) is 6.04 Å². The Balaban J connectivity index is 2.11. The van der Waals surface area contributed by atoms with Crippen LogP contribution in [0, 0.1) is 20.8 Å². The van der Waals surface area contributed by atoms with Crippen molar-refractivity contribution in [2.75, 3.05) is 13.2 Å². The molecule has 0 heterocycles. The van der Waals surface area contributed by atoms with E-state index in [9.17, 15) is 0 Å². The third kappa shape index (κ3) is 4.33. The van der Waals surface area contributed by atoms with Crippen LogP contribution in [0.5, 0.6) is 5.75 Å². The van der Waals surface area contributed by atoms with E-state index < -0.39 is 0 Å². The molecular weight excluding hydrogens is 258 g/mol. The summed E-state index contributed by atoms with van der Waals surface area (Å²) in [7, 11) is 0. The number of likely N-dealkylation sites (N-methyl/N-ethyl adjacent to an activating group) is 1. The molecule has 0 aliphatic rings. The first kappa shape index (κ1) is 15.6. The summed E-state index contributed by atoms with van der Waals surface area (Å²) in [4.78, 5) is 0. The molecule has 1 atom stereocenters. The predicted octanol–water partition coefficient (Wildman–Crippen LogP) is 4.34. The molecule has 2 aromatic rings. The summed E-state index contributed by atoms with van der Waals surface area (Å²) < 4.78 is 5.96. The molecule has 2 aromatic carbocycles. The van der Waals surface area contributed by atoms with E-state index in [4.69, 9.17) is 4.74 Å². The Kier molecular flexibility index (Phi) is 5.40. The molecule has 0 bridgehead atoms. The van der Waals surface area contributed by atoms with E-state index in [1.165, 1.54) is 22.3 Å². The highest BCUT2D eigenvalue weighted by Gasteiger charge is 2.14. The number of aryl methyl sites for hydroxylation is 3. The van der Waals surface area contributed by atoms with Crippen LogP contribution in [0.15, 0.2) is 42.5 Å². The van der Waals surface area contributed by atoms with Gasteiger partial charge in [0.1, 0.15) is 12.4 Å². The first-order valence-electron chi connectivity index (χ1n) is 7.60. The molecule has 0 aromatic heterocycles. The maximum absolute atomic E-state index is 5.96. The Morgan fingerprint density at radius 3 is 2.29 bits per heavy atom. The highest BCUT2D eigenvalue weighted by molar-refractivity contribution is 5.33. The van der Waals surface area contributed by atoms with Crippen molar-refractivity contribution >= 4 is 0 Å². The molecule has 0 aliphatic carbocycles. The monoisotopic (exact) mass is 283 g/mol. The van der Waals surface area contributed by atoms with Gasteiger partial charge in [-0.2, -0.15) is 0 Å². The summed E-state index contributed by atoms with van der Waals surface area (Å²) in [5.74, 6) is 0.925. The van der Waals surface area contributed by atoms with Gasteiger partial charge in [0.15, 0.2) is 0 Å². The zero-order valence-electron chi connectivity index (χ0n) is 13.4. The molecule has 0 radical (unpaired) electrons. The van der Waals surface area contributed by atoms with Crippen molar-refractivity contribution in [2.45, 2.75) is 33.7 Å². The molecule has 2 heteroatoms. The molecule has 2 nitrogen and oxygen atoms in total. The van der Waals surface area contributed by atoms with Crippen molar-refractivity contribution in [1.82, 2.24) is 5.32 Å². The summed E-state index contributed by atoms with van der Waals surface area (Å²) in [5, 5.41) is 3.52. The van der Waals surface area contributed by atoms with Crippen molar-refractivity contribution < 1.29 is 4.74 Å². The molecule has 1 N–H and O–H groups in total. The van der Waals surface area contributed by atoms with Crippen molar-refractivity contribution in [3.05, 3.63) is 64.7 Å². The molecule has 0 aliphatic heterocycles. The van der Waals surface area contributed by atoms with Gasteiger partial charge in [-0.1, -0.05) is 48.4 Å². The summed E-state index contributed by atoms with van der Waals surface area (Å²) in [6.07, 6.45) is 0. The zero-order valence-corrected chi connectivity index (χ0v) is 13.4. The fraction of sp³-hybridized carbons (Fsp3) is 0.368. The van der Waals surface area contributed by atoms with Crippen LogP contribution in [0.1, 0.15) is 35.2 Å². The Labute approximate surface area is 128 Å². The molecule has 0 amide bonds. The number of nitrogens with one attached hydrogen (secondary N) is 1. The van der Waals surface area contributed by atoms with Crippen LogP contribution >= 0.6 is 0 Å². The minimum absolute atomic E-state index is 0.219. The van der Waals surface area contributed by atoms with Gasteiger partial charge in [0.25, 0.3) is 0 Å². The fourth-order valence-corrected chi connectivity index (χ4v) is 2.45. The van der Waals surface area contributed by atoms with Gasteiger partial charge in [0, 0.05) is 0 Å². The normalized spacial score (nSPS) is 12.2. The van der Waals surface area contributed by atoms with Gasteiger partial charge in [0.05, 0.1) is 6.04 Å².